The maximum Gasteiger partial charge on any atom is 0.251 e. The number of rotatable bonds is 6. The average Bonchev–Trinajstić information content (AvgIpc) is 3.15. The normalized spacial score (nSPS) is 11.1. The highest BCUT2D eigenvalue weighted by molar-refractivity contribution is 5.95. The standard InChI is InChI=1S/C21H21N3O3/c1-14(2)22-21(25)17-9-6-8-16(13-17)20-23-19(27-24-20)12-11-15-7-4-5-10-18(15)26-3/h4-14H,1-3H3,(H,22,25). The van der Waals surface area contributed by atoms with Crippen LogP contribution in [0.5, 0.6) is 5.75 Å². The number of hydrogen-bond donors (Lipinski definition) is 1. The molecule has 0 atom stereocenters. The maximum atomic E-state index is 12.2. The highest BCUT2D eigenvalue weighted by atomic mass is 16.5. The van der Waals surface area contributed by atoms with Crippen molar-refractivity contribution in [2.75, 3.05) is 7.11 Å². The first-order chi connectivity index (χ1) is 13.1. The number of nitrogens with one attached hydrogen (secondary N) is 1. The van der Waals surface area contributed by atoms with Crippen molar-refractivity contribution in [3.8, 4) is 17.1 Å². The van der Waals surface area contributed by atoms with Crippen molar-refractivity contribution in [1.29, 1.82) is 0 Å². The number of para-hydroxylation sites is 1. The van der Waals surface area contributed by atoms with Crippen LogP contribution in [0.3, 0.4) is 0 Å². The minimum Gasteiger partial charge on any atom is -0.496 e. The monoisotopic (exact) mass is 363 g/mol. The molecular formula is C21H21N3O3. The zero-order chi connectivity index (χ0) is 19.2. The van der Waals surface area contributed by atoms with Gasteiger partial charge in [-0.15, -0.1) is 0 Å². The molecule has 0 bridgehead atoms. The molecule has 0 spiro atoms. The number of carbonyl (C=O) groups is 1. The van der Waals surface area contributed by atoms with Gasteiger partial charge >= 0.3 is 0 Å². The molecule has 138 valence electrons. The molecule has 0 aliphatic rings. The molecule has 1 aromatic heterocycles. The first-order valence-corrected chi connectivity index (χ1v) is 8.63. The number of aromatic nitrogens is 2. The molecule has 1 amide bonds. The number of benzene rings is 2. The second kappa shape index (κ2) is 8.31. The molecule has 0 aliphatic heterocycles. The topological polar surface area (TPSA) is 77.2 Å². The van der Waals surface area contributed by atoms with Gasteiger partial charge in [0.1, 0.15) is 5.75 Å². The van der Waals surface area contributed by atoms with Crippen LogP contribution in [0.4, 0.5) is 0 Å². The fraction of sp³-hybridized carbons (Fsp3) is 0.190. The van der Waals surface area contributed by atoms with Crippen LogP contribution >= 0.6 is 0 Å². The van der Waals surface area contributed by atoms with Crippen molar-refractivity contribution in [3.63, 3.8) is 0 Å². The van der Waals surface area contributed by atoms with E-state index in [9.17, 15) is 4.79 Å². The quantitative estimate of drug-likeness (QED) is 0.715. The van der Waals surface area contributed by atoms with E-state index in [4.69, 9.17) is 9.26 Å². The van der Waals surface area contributed by atoms with Gasteiger partial charge in [0.25, 0.3) is 11.8 Å². The van der Waals surface area contributed by atoms with Crippen LogP contribution in [0, 0.1) is 0 Å². The van der Waals surface area contributed by atoms with Gasteiger partial charge < -0.3 is 14.6 Å². The minimum atomic E-state index is -0.133. The number of methoxy groups -OCH3 is 1. The summed E-state index contributed by atoms with van der Waals surface area (Å²) in [6.45, 7) is 3.84. The third-order valence-corrected chi connectivity index (χ3v) is 3.79. The van der Waals surface area contributed by atoms with E-state index < -0.39 is 0 Å². The fourth-order valence-corrected chi connectivity index (χ4v) is 2.53. The first kappa shape index (κ1) is 18.4. The third kappa shape index (κ3) is 4.61. The van der Waals surface area contributed by atoms with Gasteiger partial charge in [0.2, 0.25) is 5.82 Å². The Morgan fingerprint density at radius 3 is 2.74 bits per heavy atom. The Morgan fingerprint density at radius 1 is 1.15 bits per heavy atom. The highest BCUT2D eigenvalue weighted by Crippen LogP contribution is 2.21. The summed E-state index contributed by atoms with van der Waals surface area (Å²) in [6, 6.07) is 14.9. The molecule has 0 saturated heterocycles. The lowest BCUT2D eigenvalue weighted by Gasteiger charge is -2.08. The number of amides is 1. The lowest BCUT2D eigenvalue weighted by Crippen LogP contribution is -2.30. The Morgan fingerprint density at radius 2 is 1.96 bits per heavy atom. The highest BCUT2D eigenvalue weighted by Gasteiger charge is 2.11. The summed E-state index contributed by atoms with van der Waals surface area (Å²) < 4.78 is 10.6. The molecule has 0 saturated carbocycles. The van der Waals surface area contributed by atoms with E-state index in [-0.39, 0.29) is 11.9 Å². The summed E-state index contributed by atoms with van der Waals surface area (Å²) in [5.41, 5.74) is 2.18. The molecule has 27 heavy (non-hydrogen) atoms. The van der Waals surface area contributed by atoms with Crippen LogP contribution in [0.25, 0.3) is 23.5 Å². The van der Waals surface area contributed by atoms with E-state index in [1.54, 1.807) is 31.4 Å². The van der Waals surface area contributed by atoms with Gasteiger partial charge in [0.15, 0.2) is 0 Å². The molecule has 3 rings (SSSR count). The summed E-state index contributed by atoms with van der Waals surface area (Å²) in [4.78, 5) is 16.5. The first-order valence-electron chi connectivity index (χ1n) is 8.63. The van der Waals surface area contributed by atoms with Crippen molar-refractivity contribution >= 4 is 18.1 Å². The Balaban J connectivity index is 1.80. The van der Waals surface area contributed by atoms with Crippen LogP contribution < -0.4 is 10.1 Å². The fourth-order valence-electron chi connectivity index (χ4n) is 2.53. The van der Waals surface area contributed by atoms with Gasteiger partial charge in [-0.05, 0) is 38.1 Å². The molecule has 3 aromatic rings. The van der Waals surface area contributed by atoms with Gasteiger partial charge in [0, 0.05) is 28.8 Å². The zero-order valence-electron chi connectivity index (χ0n) is 15.5. The summed E-state index contributed by atoms with van der Waals surface area (Å²) in [7, 11) is 1.62. The smallest absolute Gasteiger partial charge is 0.251 e. The van der Waals surface area contributed by atoms with Gasteiger partial charge in [-0.1, -0.05) is 35.5 Å². The Bertz CT molecular complexity index is 961. The van der Waals surface area contributed by atoms with Crippen LogP contribution in [-0.2, 0) is 0 Å². The van der Waals surface area contributed by atoms with E-state index in [2.05, 4.69) is 15.5 Å². The van der Waals surface area contributed by atoms with Crippen molar-refractivity contribution in [2.24, 2.45) is 0 Å². The van der Waals surface area contributed by atoms with E-state index >= 15 is 0 Å². The van der Waals surface area contributed by atoms with Crippen LogP contribution in [0.1, 0.15) is 35.7 Å². The molecule has 1 N–H and O–H groups in total. The minimum absolute atomic E-state index is 0.0676. The van der Waals surface area contributed by atoms with Gasteiger partial charge in [0.05, 0.1) is 7.11 Å². The molecule has 0 radical (unpaired) electrons. The van der Waals surface area contributed by atoms with E-state index in [0.717, 1.165) is 11.3 Å². The van der Waals surface area contributed by atoms with Gasteiger partial charge in [-0.2, -0.15) is 4.98 Å². The molecule has 1 heterocycles. The zero-order valence-corrected chi connectivity index (χ0v) is 15.5. The van der Waals surface area contributed by atoms with Gasteiger partial charge in [-0.25, -0.2) is 0 Å². The summed E-state index contributed by atoms with van der Waals surface area (Å²) in [6.07, 6.45) is 3.58. The molecule has 0 unspecified atom stereocenters. The van der Waals surface area contributed by atoms with Crippen molar-refractivity contribution in [1.82, 2.24) is 15.5 Å². The second-order valence-electron chi connectivity index (χ2n) is 6.24. The largest absolute Gasteiger partial charge is 0.496 e. The number of nitrogens with zero attached hydrogens (tertiary/aromatic N) is 2. The SMILES string of the molecule is COc1ccccc1C=Cc1nc(-c2cccc(C(=O)NC(C)C)c2)no1. The number of hydrogen-bond acceptors (Lipinski definition) is 5. The van der Waals surface area contributed by atoms with Gasteiger partial charge in [-0.3, -0.25) is 4.79 Å². The molecule has 0 aliphatic carbocycles. The maximum absolute atomic E-state index is 12.2. The van der Waals surface area contributed by atoms with Crippen molar-refractivity contribution in [2.45, 2.75) is 19.9 Å². The lowest BCUT2D eigenvalue weighted by molar-refractivity contribution is 0.0943. The Labute approximate surface area is 157 Å². The van der Waals surface area contributed by atoms with E-state index in [0.29, 0.717) is 22.8 Å². The Hall–Kier alpha value is -3.41. The van der Waals surface area contributed by atoms with Crippen LogP contribution in [0.15, 0.2) is 53.1 Å². The summed E-state index contributed by atoms with van der Waals surface area (Å²) in [5.74, 6) is 1.42. The molecule has 0 fully saturated rings. The predicted molar refractivity (Wildman–Crippen MR) is 104 cm³/mol. The summed E-state index contributed by atoms with van der Waals surface area (Å²) >= 11 is 0. The summed E-state index contributed by atoms with van der Waals surface area (Å²) in [5, 5.41) is 6.87. The average molecular weight is 363 g/mol. The second-order valence-corrected chi connectivity index (χ2v) is 6.24. The number of carbonyl (C=O) groups excluding carboxylic acids is 1. The van der Waals surface area contributed by atoms with E-state index in [1.165, 1.54) is 0 Å². The molecule has 2 aromatic carbocycles. The number of ether oxygens (including phenoxy) is 1. The van der Waals surface area contributed by atoms with Crippen molar-refractivity contribution in [3.05, 3.63) is 65.5 Å². The predicted octanol–water partition coefficient (Wildman–Crippen LogP) is 4.05. The molecular weight excluding hydrogens is 342 g/mol. The molecule has 6 nitrogen and oxygen atoms in total. The van der Waals surface area contributed by atoms with E-state index in [1.807, 2.05) is 50.3 Å². The van der Waals surface area contributed by atoms with Crippen LogP contribution in [-0.4, -0.2) is 29.2 Å². The lowest BCUT2D eigenvalue weighted by atomic mass is 10.1. The Kier molecular flexibility index (Phi) is 5.66. The third-order valence-electron chi connectivity index (χ3n) is 3.79. The molecule has 6 heteroatoms. The van der Waals surface area contributed by atoms with Crippen LogP contribution in [0.2, 0.25) is 0 Å². The van der Waals surface area contributed by atoms with Crippen molar-refractivity contribution < 1.29 is 14.1 Å².